The van der Waals surface area contributed by atoms with Gasteiger partial charge in [-0.05, 0) is 24.1 Å². The van der Waals surface area contributed by atoms with Gasteiger partial charge in [-0.15, -0.1) is 0 Å². The Hall–Kier alpha value is -2.33. The highest BCUT2D eigenvalue weighted by molar-refractivity contribution is 7.17. The number of fused-ring (bicyclic) bond motifs is 1. The Bertz CT molecular complexity index is 939. The van der Waals surface area contributed by atoms with Crippen molar-refractivity contribution in [2.45, 2.75) is 25.6 Å². The summed E-state index contributed by atoms with van der Waals surface area (Å²) in [5.41, 5.74) is 1.28. The topological polar surface area (TPSA) is 57.7 Å². The lowest BCUT2D eigenvalue weighted by Crippen LogP contribution is -2.47. The van der Waals surface area contributed by atoms with Gasteiger partial charge in [-0.2, -0.15) is 13.2 Å². The fourth-order valence-electron chi connectivity index (χ4n) is 3.86. The van der Waals surface area contributed by atoms with E-state index >= 15 is 0 Å². The quantitative estimate of drug-likeness (QED) is 0.791. The number of thiazole rings is 1. The first-order valence-electron chi connectivity index (χ1n) is 9.82. The Morgan fingerprint density at radius 2 is 2.00 bits per heavy atom. The average Bonchev–Trinajstić information content (AvgIpc) is 3.39. The summed E-state index contributed by atoms with van der Waals surface area (Å²) in [6.07, 6.45) is -3.73. The number of amides is 1. The van der Waals surface area contributed by atoms with Crippen LogP contribution in [0.15, 0.2) is 18.2 Å². The van der Waals surface area contributed by atoms with Crippen LogP contribution in [0.5, 0.6) is 5.75 Å². The van der Waals surface area contributed by atoms with Crippen LogP contribution in [0.3, 0.4) is 0 Å². The van der Waals surface area contributed by atoms with E-state index in [1.54, 1.807) is 0 Å². The lowest BCUT2D eigenvalue weighted by Gasteiger charge is -2.38. The van der Waals surface area contributed by atoms with Crippen molar-refractivity contribution in [3.05, 3.63) is 39.9 Å². The molecule has 1 unspecified atom stereocenters. The van der Waals surface area contributed by atoms with Crippen LogP contribution in [0.1, 0.15) is 39.5 Å². The highest BCUT2D eigenvalue weighted by atomic mass is 32.1. The molecule has 2 aliphatic rings. The number of ether oxygens (including phenoxy) is 1. The summed E-state index contributed by atoms with van der Waals surface area (Å²) in [4.78, 5) is 19.4. The van der Waals surface area contributed by atoms with Gasteiger partial charge in [0.15, 0.2) is 10.8 Å². The summed E-state index contributed by atoms with van der Waals surface area (Å²) in [6.45, 7) is 5.32. The molecule has 162 valence electrons. The number of aromatic nitrogens is 1. The molecule has 1 aromatic heterocycles. The minimum atomic E-state index is -4.66. The smallest absolute Gasteiger partial charge is 0.435 e. The first-order chi connectivity index (χ1) is 14.3. The van der Waals surface area contributed by atoms with Gasteiger partial charge in [0.05, 0.1) is 6.61 Å². The van der Waals surface area contributed by atoms with E-state index in [1.807, 2.05) is 4.90 Å². The minimum Gasteiger partial charge on any atom is -0.493 e. The molecule has 0 bridgehead atoms. The molecule has 0 radical (unpaired) electrons. The van der Waals surface area contributed by atoms with Gasteiger partial charge in [0.1, 0.15) is 10.6 Å². The number of rotatable bonds is 4. The molecule has 0 aliphatic carbocycles. The van der Waals surface area contributed by atoms with Crippen molar-refractivity contribution in [1.82, 2.24) is 15.2 Å². The summed E-state index contributed by atoms with van der Waals surface area (Å²) in [5, 5.41) is 2.50. The molecular formula is C20H23F3N4O2S. The Labute approximate surface area is 176 Å². The number of hydrogen-bond acceptors (Lipinski definition) is 6. The fraction of sp³-hybridized carbons (Fsp3) is 0.500. The third kappa shape index (κ3) is 3.98. The van der Waals surface area contributed by atoms with Crippen molar-refractivity contribution >= 4 is 22.4 Å². The number of hydrogen-bond donors (Lipinski definition) is 1. The zero-order valence-electron chi connectivity index (χ0n) is 16.8. The normalized spacial score (nSPS) is 18.1. The molecule has 4 rings (SSSR count). The highest BCUT2D eigenvalue weighted by Crippen LogP contribution is 2.38. The van der Waals surface area contributed by atoms with Gasteiger partial charge >= 0.3 is 6.18 Å². The number of benzene rings is 1. The maximum absolute atomic E-state index is 13.3. The van der Waals surface area contributed by atoms with E-state index in [1.165, 1.54) is 18.2 Å². The Balaban J connectivity index is 1.45. The van der Waals surface area contributed by atoms with Crippen molar-refractivity contribution in [2.75, 3.05) is 44.7 Å². The average molecular weight is 440 g/mol. The van der Waals surface area contributed by atoms with Crippen molar-refractivity contribution in [2.24, 2.45) is 0 Å². The van der Waals surface area contributed by atoms with Crippen LogP contribution in [-0.4, -0.2) is 55.6 Å². The van der Waals surface area contributed by atoms with Gasteiger partial charge in [0, 0.05) is 45.7 Å². The molecule has 2 aliphatic heterocycles. The SMILES string of the molecule is CNC(=O)c1sc(N2CCN(C(C)c3ccc4c(c3)OCC4)CC2)nc1C(F)(F)F. The summed E-state index contributed by atoms with van der Waals surface area (Å²) < 4.78 is 45.6. The lowest BCUT2D eigenvalue weighted by molar-refractivity contribution is -0.141. The monoisotopic (exact) mass is 440 g/mol. The van der Waals surface area contributed by atoms with Crippen LogP contribution in [0.25, 0.3) is 0 Å². The van der Waals surface area contributed by atoms with Gasteiger partial charge in [-0.1, -0.05) is 23.5 Å². The number of halogens is 3. The predicted octanol–water partition coefficient (Wildman–Crippen LogP) is 3.34. The molecule has 1 atom stereocenters. The Kier molecular flexibility index (Phi) is 5.63. The Morgan fingerprint density at radius 1 is 1.27 bits per heavy atom. The highest BCUT2D eigenvalue weighted by Gasteiger charge is 2.40. The van der Waals surface area contributed by atoms with Crippen molar-refractivity contribution < 1.29 is 22.7 Å². The minimum absolute atomic E-state index is 0.171. The van der Waals surface area contributed by atoms with Crippen LogP contribution in [0.2, 0.25) is 0 Å². The van der Waals surface area contributed by atoms with E-state index in [4.69, 9.17) is 4.74 Å². The first kappa shape index (κ1) is 20.9. The second kappa shape index (κ2) is 8.07. The van der Waals surface area contributed by atoms with Gasteiger partial charge < -0.3 is 15.0 Å². The number of carbonyl (C=O) groups is 1. The zero-order valence-corrected chi connectivity index (χ0v) is 17.6. The number of carbonyl (C=O) groups excluding carboxylic acids is 1. The van der Waals surface area contributed by atoms with Crippen LogP contribution in [0, 0.1) is 0 Å². The van der Waals surface area contributed by atoms with Gasteiger partial charge in [-0.25, -0.2) is 4.98 Å². The van der Waals surface area contributed by atoms with Gasteiger partial charge in [0.25, 0.3) is 5.91 Å². The van der Waals surface area contributed by atoms with E-state index in [-0.39, 0.29) is 11.2 Å². The number of nitrogens with one attached hydrogen (secondary N) is 1. The first-order valence-corrected chi connectivity index (χ1v) is 10.6. The van der Waals surface area contributed by atoms with Crippen molar-refractivity contribution in [3.63, 3.8) is 0 Å². The van der Waals surface area contributed by atoms with Crippen molar-refractivity contribution in [1.29, 1.82) is 0 Å². The Morgan fingerprint density at radius 3 is 2.67 bits per heavy atom. The molecule has 1 aromatic carbocycles. The molecule has 1 N–H and O–H groups in total. The molecule has 3 heterocycles. The largest absolute Gasteiger partial charge is 0.493 e. The second-order valence-corrected chi connectivity index (χ2v) is 8.39. The van der Waals surface area contributed by atoms with Gasteiger partial charge in [0.2, 0.25) is 0 Å². The molecular weight excluding hydrogens is 417 g/mol. The molecule has 1 amide bonds. The molecule has 0 spiro atoms. The predicted molar refractivity (Wildman–Crippen MR) is 108 cm³/mol. The molecule has 1 fully saturated rings. The third-order valence-electron chi connectivity index (χ3n) is 5.65. The maximum atomic E-state index is 13.3. The zero-order chi connectivity index (χ0) is 21.5. The molecule has 30 heavy (non-hydrogen) atoms. The second-order valence-electron chi connectivity index (χ2n) is 7.42. The standard InChI is InChI=1S/C20H23F3N4O2S/c1-12(14-4-3-13-5-10-29-15(13)11-14)26-6-8-27(9-7-26)19-25-17(20(21,22)23)16(30-19)18(28)24-2/h3-4,11-12H,5-10H2,1-2H3,(H,24,28). The van der Waals surface area contributed by atoms with E-state index < -0.39 is 22.7 Å². The van der Waals surface area contributed by atoms with Crippen molar-refractivity contribution in [3.8, 4) is 5.75 Å². The van der Waals surface area contributed by atoms with Crippen LogP contribution >= 0.6 is 11.3 Å². The van der Waals surface area contributed by atoms with Crippen LogP contribution in [0.4, 0.5) is 18.3 Å². The molecule has 2 aromatic rings. The summed E-state index contributed by atoms with van der Waals surface area (Å²) in [5.74, 6) is 0.180. The van der Waals surface area contributed by atoms with E-state index in [9.17, 15) is 18.0 Å². The van der Waals surface area contributed by atoms with Gasteiger partial charge in [-0.3, -0.25) is 9.69 Å². The number of alkyl halides is 3. The summed E-state index contributed by atoms with van der Waals surface area (Å²) >= 11 is 0.793. The van der Waals surface area contributed by atoms with E-state index in [0.717, 1.165) is 30.1 Å². The fourth-order valence-corrected chi connectivity index (χ4v) is 4.94. The molecule has 0 saturated carbocycles. The van der Waals surface area contributed by atoms with E-state index in [0.29, 0.717) is 26.2 Å². The maximum Gasteiger partial charge on any atom is 0.435 e. The number of nitrogens with zero attached hydrogens (tertiary/aromatic N) is 3. The van der Waals surface area contributed by atoms with Crippen LogP contribution in [-0.2, 0) is 12.6 Å². The molecule has 10 heteroatoms. The summed E-state index contributed by atoms with van der Waals surface area (Å²) in [6, 6.07) is 6.49. The molecule has 6 nitrogen and oxygen atoms in total. The third-order valence-corrected chi connectivity index (χ3v) is 6.77. The van der Waals surface area contributed by atoms with Crippen LogP contribution < -0.4 is 15.0 Å². The number of piperazine rings is 1. The molecule has 1 saturated heterocycles. The summed E-state index contributed by atoms with van der Waals surface area (Å²) in [7, 11) is 1.31. The van der Waals surface area contributed by atoms with E-state index in [2.05, 4.69) is 40.3 Å². The number of anilines is 1. The lowest BCUT2D eigenvalue weighted by atomic mass is 10.0.